The van der Waals surface area contributed by atoms with E-state index in [1.807, 2.05) is 36.4 Å². The number of aryl methyl sites for hydroxylation is 1. The van der Waals surface area contributed by atoms with Gasteiger partial charge in [0.2, 0.25) is 0 Å². The Hall–Kier alpha value is -2.29. The summed E-state index contributed by atoms with van der Waals surface area (Å²) < 4.78 is 5.79. The predicted molar refractivity (Wildman–Crippen MR) is 102 cm³/mol. The molecule has 0 unspecified atom stereocenters. The molecule has 0 aliphatic heterocycles. The first-order chi connectivity index (χ1) is 12.2. The molecule has 0 bridgehead atoms. The summed E-state index contributed by atoms with van der Waals surface area (Å²) >= 11 is 0. The fourth-order valence-electron chi connectivity index (χ4n) is 2.75. The first kappa shape index (κ1) is 19.0. The van der Waals surface area contributed by atoms with Gasteiger partial charge in [0.25, 0.3) is 0 Å². The summed E-state index contributed by atoms with van der Waals surface area (Å²) in [5.41, 5.74) is 3.32. The summed E-state index contributed by atoms with van der Waals surface area (Å²) in [6, 6.07) is 16.2. The second kappa shape index (κ2) is 10.5. The summed E-state index contributed by atoms with van der Waals surface area (Å²) in [6.07, 6.45) is 6.96. The van der Waals surface area contributed by atoms with Crippen LogP contribution in [0.2, 0.25) is 0 Å². The minimum Gasteiger partial charge on any atom is -0.494 e. The molecule has 134 valence electrons. The van der Waals surface area contributed by atoms with Crippen LogP contribution in [-0.2, 0) is 11.2 Å². The number of benzene rings is 2. The Balaban J connectivity index is 1.81. The lowest BCUT2D eigenvalue weighted by Crippen LogP contribution is -1.97. The Morgan fingerprint density at radius 1 is 0.880 bits per heavy atom. The molecule has 2 aromatic rings. The van der Waals surface area contributed by atoms with Crippen LogP contribution in [0.1, 0.15) is 51.0 Å². The van der Waals surface area contributed by atoms with E-state index in [4.69, 9.17) is 9.84 Å². The van der Waals surface area contributed by atoms with Gasteiger partial charge in [-0.3, -0.25) is 4.79 Å². The Morgan fingerprint density at radius 2 is 1.48 bits per heavy atom. The van der Waals surface area contributed by atoms with Crippen LogP contribution in [0.3, 0.4) is 0 Å². The third-order valence-corrected chi connectivity index (χ3v) is 4.29. The van der Waals surface area contributed by atoms with E-state index >= 15 is 0 Å². The highest BCUT2D eigenvalue weighted by molar-refractivity contribution is 5.67. The zero-order valence-electron chi connectivity index (χ0n) is 15.0. The van der Waals surface area contributed by atoms with Crippen LogP contribution >= 0.6 is 0 Å². The topological polar surface area (TPSA) is 46.5 Å². The molecule has 0 amide bonds. The van der Waals surface area contributed by atoms with Gasteiger partial charge >= 0.3 is 5.97 Å². The fourth-order valence-corrected chi connectivity index (χ4v) is 2.75. The van der Waals surface area contributed by atoms with Crippen molar-refractivity contribution in [1.82, 2.24) is 0 Å². The first-order valence-corrected chi connectivity index (χ1v) is 9.23. The van der Waals surface area contributed by atoms with Crippen molar-refractivity contribution >= 4 is 5.97 Å². The largest absolute Gasteiger partial charge is 0.494 e. The van der Waals surface area contributed by atoms with Gasteiger partial charge in [-0.15, -0.1) is 0 Å². The summed E-state index contributed by atoms with van der Waals surface area (Å²) in [6.45, 7) is 3.00. The molecule has 3 heteroatoms. The molecule has 0 fully saturated rings. The van der Waals surface area contributed by atoms with Crippen LogP contribution in [-0.4, -0.2) is 17.7 Å². The molecule has 0 radical (unpaired) electrons. The highest BCUT2D eigenvalue weighted by Crippen LogP contribution is 2.23. The zero-order chi connectivity index (χ0) is 17.9. The number of aliphatic carboxylic acids is 1. The highest BCUT2D eigenvalue weighted by atomic mass is 16.5. The van der Waals surface area contributed by atoms with E-state index in [1.165, 1.54) is 25.7 Å². The number of hydrogen-bond acceptors (Lipinski definition) is 2. The van der Waals surface area contributed by atoms with Crippen LogP contribution in [0.25, 0.3) is 11.1 Å². The van der Waals surface area contributed by atoms with E-state index in [-0.39, 0.29) is 6.42 Å². The number of carboxylic acid groups (broad SMARTS) is 1. The molecule has 0 aliphatic rings. The second-order valence-electron chi connectivity index (χ2n) is 6.38. The Kier molecular flexibility index (Phi) is 8.03. The maximum absolute atomic E-state index is 10.6. The van der Waals surface area contributed by atoms with Crippen molar-refractivity contribution in [2.75, 3.05) is 6.61 Å². The average Bonchev–Trinajstić information content (AvgIpc) is 2.64. The molecular weight excluding hydrogens is 312 g/mol. The summed E-state index contributed by atoms with van der Waals surface area (Å²) in [4.78, 5) is 10.6. The van der Waals surface area contributed by atoms with Crippen molar-refractivity contribution in [3.63, 3.8) is 0 Å². The molecule has 25 heavy (non-hydrogen) atoms. The summed E-state index contributed by atoms with van der Waals surface area (Å²) in [5.74, 6) is 0.155. The molecule has 1 N–H and O–H groups in total. The van der Waals surface area contributed by atoms with Crippen molar-refractivity contribution in [2.24, 2.45) is 0 Å². The van der Waals surface area contributed by atoms with Gasteiger partial charge in [-0.1, -0.05) is 69.0 Å². The molecule has 0 heterocycles. The van der Waals surface area contributed by atoms with Gasteiger partial charge in [0, 0.05) is 6.42 Å². The Labute approximate surface area is 150 Å². The zero-order valence-corrected chi connectivity index (χ0v) is 15.0. The lowest BCUT2D eigenvalue weighted by Gasteiger charge is -2.08. The number of carbonyl (C=O) groups is 1. The standard InChI is InChI=1S/C22H28O3/c1-2-3-4-5-6-17-25-21-14-12-20(13-15-21)19-10-7-18(8-11-19)9-16-22(23)24/h7-8,10-15H,2-6,9,16-17H2,1H3,(H,23,24). The number of rotatable bonds is 11. The first-order valence-electron chi connectivity index (χ1n) is 9.23. The van der Waals surface area contributed by atoms with Crippen LogP contribution in [0.4, 0.5) is 0 Å². The smallest absolute Gasteiger partial charge is 0.303 e. The molecule has 2 aromatic carbocycles. The quantitative estimate of drug-likeness (QED) is 0.532. The lowest BCUT2D eigenvalue weighted by molar-refractivity contribution is -0.136. The van der Waals surface area contributed by atoms with E-state index in [0.29, 0.717) is 6.42 Å². The van der Waals surface area contributed by atoms with Crippen molar-refractivity contribution in [3.05, 3.63) is 54.1 Å². The molecule has 0 saturated carbocycles. The normalized spacial score (nSPS) is 10.6. The molecule has 0 spiro atoms. The van der Waals surface area contributed by atoms with E-state index < -0.39 is 5.97 Å². The summed E-state index contributed by atoms with van der Waals surface area (Å²) in [7, 11) is 0. The number of unbranched alkanes of at least 4 members (excludes halogenated alkanes) is 4. The number of carboxylic acids is 1. The molecule has 2 rings (SSSR count). The lowest BCUT2D eigenvalue weighted by atomic mass is 10.0. The Bertz CT molecular complexity index is 629. The second-order valence-corrected chi connectivity index (χ2v) is 6.38. The fraction of sp³-hybridized carbons (Fsp3) is 0.409. The molecule has 0 saturated heterocycles. The SMILES string of the molecule is CCCCCCCOc1ccc(-c2ccc(CCC(=O)O)cc2)cc1. The molecule has 0 aromatic heterocycles. The number of ether oxygens (including phenoxy) is 1. The molecule has 0 atom stereocenters. The van der Waals surface area contributed by atoms with Gasteiger partial charge in [0.1, 0.15) is 5.75 Å². The molecule has 0 aliphatic carbocycles. The van der Waals surface area contributed by atoms with Crippen molar-refractivity contribution in [2.45, 2.75) is 51.9 Å². The van der Waals surface area contributed by atoms with Gasteiger partial charge in [0.15, 0.2) is 0 Å². The van der Waals surface area contributed by atoms with Gasteiger partial charge in [-0.2, -0.15) is 0 Å². The van der Waals surface area contributed by atoms with E-state index in [9.17, 15) is 4.79 Å². The predicted octanol–water partition coefficient (Wildman–Crippen LogP) is 5.72. The Morgan fingerprint density at radius 3 is 2.08 bits per heavy atom. The van der Waals surface area contributed by atoms with E-state index in [2.05, 4.69) is 19.1 Å². The molecular formula is C22H28O3. The maximum Gasteiger partial charge on any atom is 0.303 e. The number of hydrogen-bond donors (Lipinski definition) is 1. The third-order valence-electron chi connectivity index (χ3n) is 4.29. The minimum absolute atomic E-state index is 0.170. The van der Waals surface area contributed by atoms with Crippen LogP contribution in [0.15, 0.2) is 48.5 Å². The molecule has 3 nitrogen and oxygen atoms in total. The van der Waals surface area contributed by atoms with Crippen molar-refractivity contribution < 1.29 is 14.6 Å². The third kappa shape index (κ3) is 7.00. The van der Waals surface area contributed by atoms with E-state index in [0.717, 1.165) is 35.5 Å². The van der Waals surface area contributed by atoms with E-state index in [1.54, 1.807) is 0 Å². The van der Waals surface area contributed by atoms with Crippen LogP contribution in [0, 0.1) is 0 Å². The monoisotopic (exact) mass is 340 g/mol. The summed E-state index contributed by atoms with van der Waals surface area (Å²) in [5, 5.41) is 8.74. The van der Waals surface area contributed by atoms with Gasteiger partial charge < -0.3 is 9.84 Å². The van der Waals surface area contributed by atoms with Gasteiger partial charge in [0.05, 0.1) is 6.61 Å². The van der Waals surface area contributed by atoms with Gasteiger partial charge in [-0.25, -0.2) is 0 Å². The maximum atomic E-state index is 10.6. The minimum atomic E-state index is -0.759. The van der Waals surface area contributed by atoms with Gasteiger partial charge in [-0.05, 0) is 41.7 Å². The van der Waals surface area contributed by atoms with Crippen molar-refractivity contribution in [1.29, 1.82) is 0 Å². The van der Waals surface area contributed by atoms with Crippen LogP contribution < -0.4 is 4.74 Å². The van der Waals surface area contributed by atoms with Crippen LogP contribution in [0.5, 0.6) is 5.75 Å². The highest BCUT2D eigenvalue weighted by Gasteiger charge is 2.02. The van der Waals surface area contributed by atoms with Crippen molar-refractivity contribution in [3.8, 4) is 16.9 Å². The average molecular weight is 340 g/mol.